The summed E-state index contributed by atoms with van der Waals surface area (Å²) >= 11 is 1.37. The second-order valence-electron chi connectivity index (χ2n) is 6.86. The maximum absolute atomic E-state index is 7.46. The summed E-state index contributed by atoms with van der Waals surface area (Å²) in [4.78, 5) is 16.0. The number of hydrogen-bond donors (Lipinski definition) is 1. The Bertz CT molecular complexity index is 1080. The van der Waals surface area contributed by atoms with Crippen molar-refractivity contribution in [3.05, 3.63) is 29.1 Å². The first-order chi connectivity index (χ1) is 14.4. The highest BCUT2D eigenvalue weighted by atomic mass is 32.1. The molecule has 0 unspecified atom stereocenters. The lowest BCUT2D eigenvalue weighted by Crippen LogP contribution is -2.21. The zero-order chi connectivity index (χ0) is 21.8. The number of ether oxygens (including phenoxy) is 3. The van der Waals surface area contributed by atoms with E-state index in [0.717, 1.165) is 34.4 Å². The van der Waals surface area contributed by atoms with Gasteiger partial charge in [0, 0.05) is 24.0 Å². The molecule has 1 N–H and O–H groups in total. The molecule has 9 heteroatoms. The third-order valence-electron chi connectivity index (χ3n) is 4.64. The highest BCUT2D eigenvalue weighted by molar-refractivity contribution is 7.22. The molecule has 0 spiro atoms. The third kappa shape index (κ3) is 4.10. The monoisotopic (exact) mass is 427 g/mol. The maximum atomic E-state index is 7.46. The lowest BCUT2D eigenvalue weighted by Gasteiger charge is -2.15. The molecule has 0 fully saturated rings. The van der Waals surface area contributed by atoms with Crippen LogP contribution < -0.4 is 19.5 Å². The van der Waals surface area contributed by atoms with Crippen LogP contribution in [0, 0.1) is 13.5 Å². The lowest BCUT2D eigenvalue weighted by atomic mass is 10.1. The molecule has 0 atom stereocenters. The molecule has 8 nitrogen and oxygen atoms in total. The van der Waals surface area contributed by atoms with Crippen LogP contribution in [0.3, 0.4) is 0 Å². The van der Waals surface area contributed by atoms with Crippen LogP contribution in [0.25, 0.3) is 26.4 Å². The molecule has 0 saturated heterocycles. The molecular weight excluding hydrogens is 402 g/mol. The number of likely N-dealkylation sites (N-methyl/N-ethyl adjacent to an activating group) is 1. The molecule has 0 saturated carbocycles. The smallest absolute Gasteiger partial charge is 0.246 e. The second-order valence-corrected chi connectivity index (χ2v) is 7.84. The zero-order valence-corrected chi connectivity index (χ0v) is 18.8. The molecule has 30 heavy (non-hydrogen) atoms. The fourth-order valence-corrected chi connectivity index (χ4v) is 4.07. The predicted octanol–water partition coefficient (Wildman–Crippen LogP) is 4.22. The number of aryl methyl sites for hydroxylation is 1. The molecular formula is C21H25N5O3S. The molecule has 3 rings (SSSR count). The molecule has 0 aliphatic rings. The van der Waals surface area contributed by atoms with E-state index in [2.05, 4.69) is 15.1 Å². The molecule has 0 aliphatic heterocycles. The van der Waals surface area contributed by atoms with Crippen LogP contribution in [0.4, 0.5) is 10.8 Å². The van der Waals surface area contributed by atoms with Gasteiger partial charge in [0.1, 0.15) is 10.6 Å². The normalized spacial score (nSPS) is 10.9. The van der Waals surface area contributed by atoms with Crippen molar-refractivity contribution in [3.63, 3.8) is 0 Å². The second kappa shape index (κ2) is 9.15. The van der Waals surface area contributed by atoms with E-state index in [4.69, 9.17) is 30.8 Å². The summed E-state index contributed by atoms with van der Waals surface area (Å²) in [6.45, 7) is 11.0. The predicted molar refractivity (Wildman–Crippen MR) is 121 cm³/mol. The van der Waals surface area contributed by atoms with Gasteiger partial charge in [-0.1, -0.05) is 0 Å². The fraction of sp³-hybridized carbons (Fsp3) is 0.381. The van der Waals surface area contributed by atoms with Crippen molar-refractivity contribution in [3.8, 4) is 28.6 Å². The molecule has 0 amide bonds. The first-order valence-corrected chi connectivity index (χ1v) is 10.1. The van der Waals surface area contributed by atoms with Gasteiger partial charge < -0.3 is 24.4 Å². The van der Waals surface area contributed by atoms with E-state index >= 15 is 0 Å². The van der Waals surface area contributed by atoms with Crippen LogP contribution in [0.1, 0.15) is 5.56 Å². The van der Waals surface area contributed by atoms with E-state index in [1.807, 2.05) is 33.2 Å². The molecule has 0 bridgehead atoms. The van der Waals surface area contributed by atoms with Crippen molar-refractivity contribution >= 4 is 32.4 Å². The van der Waals surface area contributed by atoms with Gasteiger partial charge in [-0.3, -0.25) is 0 Å². The summed E-state index contributed by atoms with van der Waals surface area (Å²) in [7, 11) is 8.75. The summed E-state index contributed by atoms with van der Waals surface area (Å²) in [6, 6.07) is 3.64. The van der Waals surface area contributed by atoms with Gasteiger partial charge in [-0.25, -0.2) is 14.8 Å². The number of nitrogens with zero attached hydrogens (tertiary/aromatic N) is 4. The number of nitrogens with one attached hydrogen (secondary N) is 1. The Morgan fingerprint density at radius 2 is 1.77 bits per heavy atom. The zero-order valence-electron chi connectivity index (χ0n) is 18.0. The minimum atomic E-state index is 0.511. The Balaban J connectivity index is 2.18. The minimum Gasteiger partial charge on any atom is -0.493 e. The van der Waals surface area contributed by atoms with Crippen molar-refractivity contribution in [1.29, 1.82) is 0 Å². The summed E-state index contributed by atoms with van der Waals surface area (Å²) < 4.78 is 16.4. The quantitative estimate of drug-likeness (QED) is 0.540. The molecule has 2 heterocycles. The summed E-state index contributed by atoms with van der Waals surface area (Å²) in [6.07, 6.45) is 0. The molecule has 1 aromatic carbocycles. The highest BCUT2D eigenvalue weighted by Crippen LogP contribution is 2.43. The molecule has 158 valence electrons. The topological polar surface area (TPSA) is 73.1 Å². The fourth-order valence-electron chi connectivity index (χ4n) is 3.10. The lowest BCUT2D eigenvalue weighted by molar-refractivity contribution is 0.324. The van der Waals surface area contributed by atoms with Crippen molar-refractivity contribution < 1.29 is 14.2 Å². The molecule has 0 radical (unpaired) electrons. The van der Waals surface area contributed by atoms with Crippen molar-refractivity contribution in [2.45, 2.75) is 6.92 Å². The van der Waals surface area contributed by atoms with Crippen LogP contribution in [-0.4, -0.2) is 63.4 Å². The van der Waals surface area contributed by atoms with Crippen molar-refractivity contribution in [2.24, 2.45) is 0 Å². The summed E-state index contributed by atoms with van der Waals surface area (Å²) in [5, 5.41) is 4.92. The first-order valence-electron chi connectivity index (χ1n) is 9.31. The van der Waals surface area contributed by atoms with Gasteiger partial charge in [0.15, 0.2) is 17.3 Å². The van der Waals surface area contributed by atoms with Crippen LogP contribution >= 0.6 is 11.3 Å². The van der Waals surface area contributed by atoms with E-state index in [-0.39, 0.29) is 0 Å². The van der Waals surface area contributed by atoms with E-state index in [1.165, 1.54) is 11.3 Å². The van der Waals surface area contributed by atoms with Crippen LogP contribution in [0.15, 0.2) is 12.1 Å². The van der Waals surface area contributed by atoms with Gasteiger partial charge in [-0.2, -0.15) is 0 Å². The minimum absolute atomic E-state index is 0.511. The van der Waals surface area contributed by atoms with Gasteiger partial charge in [-0.05, 0) is 38.7 Å². The SMILES string of the molecule is [C-]#[N+]c1sc2nc(-c3cc(OC)c(OC)c(OC)c3)nc(NCCN(C)C)c2c1C. The molecule has 3 aromatic rings. The van der Waals surface area contributed by atoms with Crippen LogP contribution in [0.2, 0.25) is 0 Å². The van der Waals surface area contributed by atoms with E-state index in [9.17, 15) is 0 Å². The largest absolute Gasteiger partial charge is 0.493 e. The number of aromatic nitrogens is 2. The third-order valence-corrected chi connectivity index (χ3v) is 5.72. The highest BCUT2D eigenvalue weighted by Gasteiger charge is 2.20. The van der Waals surface area contributed by atoms with E-state index in [0.29, 0.717) is 33.9 Å². The molecule has 2 aromatic heterocycles. The Morgan fingerprint density at radius 3 is 2.30 bits per heavy atom. The van der Waals surface area contributed by atoms with Gasteiger partial charge in [0.25, 0.3) is 0 Å². The van der Waals surface area contributed by atoms with E-state index < -0.39 is 0 Å². The number of thiophene rings is 1. The Kier molecular flexibility index (Phi) is 6.59. The number of methoxy groups -OCH3 is 3. The van der Waals surface area contributed by atoms with Crippen LogP contribution in [0.5, 0.6) is 17.2 Å². The standard InChI is InChI=1S/C21H25N5O3S/c1-12-16-19(23-8-9-26(3)4)24-18(25-21(16)30-20(12)22-2)13-10-14(27-5)17(29-7)15(11-13)28-6/h10-11H,8-9H2,1,3-7H3,(H,23,24,25). The van der Waals surface area contributed by atoms with Crippen molar-refractivity contribution in [2.75, 3.05) is 53.8 Å². The summed E-state index contributed by atoms with van der Waals surface area (Å²) in [5.41, 5.74) is 1.63. The number of anilines is 1. The number of rotatable bonds is 8. The van der Waals surface area contributed by atoms with Gasteiger partial charge in [0.2, 0.25) is 10.8 Å². The Hall–Kier alpha value is -3.09. The number of fused-ring (bicyclic) bond motifs is 1. The van der Waals surface area contributed by atoms with Gasteiger partial charge >= 0.3 is 0 Å². The average Bonchev–Trinajstić information content (AvgIpc) is 3.07. The Labute approximate surface area is 180 Å². The first kappa shape index (κ1) is 21.6. The number of benzene rings is 1. The van der Waals surface area contributed by atoms with Crippen LogP contribution in [-0.2, 0) is 0 Å². The number of hydrogen-bond acceptors (Lipinski definition) is 8. The molecule has 0 aliphatic carbocycles. The van der Waals surface area contributed by atoms with Gasteiger partial charge in [0.05, 0.1) is 27.9 Å². The average molecular weight is 428 g/mol. The van der Waals surface area contributed by atoms with E-state index in [1.54, 1.807) is 21.3 Å². The van der Waals surface area contributed by atoms with Gasteiger partial charge in [-0.15, -0.1) is 11.3 Å². The Morgan fingerprint density at radius 1 is 1.10 bits per heavy atom. The maximum Gasteiger partial charge on any atom is 0.246 e. The van der Waals surface area contributed by atoms with Crippen molar-refractivity contribution in [1.82, 2.24) is 14.9 Å². The summed E-state index contributed by atoms with van der Waals surface area (Å²) in [5.74, 6) is 2.81.